The molecular weight excluding hydrogens is 637 g/mol. The molecule has 3 N–H and O–H groups in total. The van der Waals surface area contributed by atoms with Crippen LogP contribution in [-0.4, -0.2) is 58.7 Å². The summed E-state index contributed by atoms with van der Waals surface area (Å²) >= 11 is 14.1. The molecule has 244 valence electrons. The summed E-state index contributed by atoms with van der Waals surface area (Å²) in [5.41, 5.74) is 5.55. The summed E-state index contributed by atoms with van der Waals surface area (Å²) in [5, 5.41) is 10.9. The molecule has 2 aromatic heterocycles. The number of carbonyl (C=O) groups is 1. The van der Waals surface area contributed by atoms with Gasteiger partial charge < -0.3 is 25.4 Å². The molecule has 1 aliphatic heterocycles. The van der Waals surface area contributed by atoms with Crippen LogP contribution in [0.5, 0.6) is 11.8 Å². The Balaban J connectivity index is 1.10. The van der Waals surface area contributed by atoms with Crippen LogP contribution in [0.3, 0.4) is 0 Å². The molecular formula is C35H37Cl2N7O3. The number of carbonyl (C=O) groups excluding carboxylic acids is 1. The number of nitrogens with one attached hydrogen (secondary N) is 3. The zero-order valence-electron chi connectivity index (χ0n) is 26.4. The summed E-state index contributed by atoms with van der Waals surface area (Å²) < 4.78 is 11.2. The Labute approximate surface area is 284 Å². The average Bonchev–Trinajstić information content (AvgIpc) is 3.47. The lowest BCUT2D eigenvalue weighted by Crippen LogP contribution is -2.35. The number of rotatable bonds is 12. The molecule has 10 nitrogen and oxygen atoms in total. The van der Waals surface area contributed by atoms with Crippen molar-refractivity contribution in [3.63, 3.8) is 0 Å². The fourth-order valence-electron chi connectivity index (χ4n) is 6.82. The molecule has 2 aromatic carbocycles. The van der Waals surface area contributed by atoms with E-state index in [9.17, 15) is 4.79 Å². The molecule has 0 spiro atoms. The van der Waals surface area contributed by atoms with Crippen molar-refractivity contribution in [3.8, 4) is 45.4 Å². The summed E-state index contributed by atoms with van der Waals surface area (Å²) in [4.78, 5) is 30.4. The first-order chi connectivity index (χ1) is 22.9. The normalized spacial score (nSPS) is 21.4. The van der Waals surface area contributed by atoms with Gasteiger partial charge in [-0.05, 0) is 37.5 Å². The summed E-state index contributed by atoms with van der Waals surface area (Å²) in [6.45, 7) is 1.71. The molecule has 12 heteroatoms. The molecule has 0 bridgehead atoms. The summed E-state index contributed by atoms with van der Waals surface area (Å²) in [7, 11) is 3.18. The highest BCUT2D eigenvalue weighted by molar-refractivity contribution is 6.39. The van der Waals surface area contributed by atoms with Gasteiger partial charge in [0, 0.05) is 60.4 Å². The van der Waals surface area contributed by atoms with E-state index >= 15 is 0 Å². The van der Waals surface area contributed by atoms with Gasteiger partial charge in [-0.1, -0.05) is 59.6 Å². The van der Waals surface area contributed by atoms with E-state index in [4.69, 9.17) is 47.6 Å². The fraction of sp³-hybridized carbons (Fsp3) is 0.400. The average molecular weight is 675 g/mol. The number of hydrogen-bond donors (Lipinski definition) is 3. The number of nitrogens with zero attached hydrogens (tertiary/aromatic N) is 4. The second-order valence-electron chi connectivity index (χ2n) is 12.5. The molecule has 3 aliphatic rings. The molecule has 47 heavy (non-hydrogen) atoms. The number of benzene rings is 2. The van der Waals surface area contributed by atoms with E-state index in [0.717, 1.165) is 40.6 Å². The van der Waals surface area contributed by atoms with Crippen LogP contribution in [0.25, 0.3) is 33.6 Å². The zero-order valence-corrected chi connectivity index (χ0v) is 27.9. The number of ether oxygens (including phenoxy) is 2. The Morgan fingerprint density at radius 2 is 1.36 bits per heavy atom. The lowest BCUT2D eigenvalue weighted by molar-refractivity contribution is -0.119. The maximum Gasteiger partial charge on any atom is 0.237 e. The summed E-state index contributed by atoms with van der Waals surface area (Å²) in [6, 6.07) is 12.2. The maximum atomic E-state index is 11.5. The Morgan fingerprint density at radius 1 is 0.809 bits per heavy atom. The van der Waals surface area contributed by atoms with Crippen LogP contribution in [0.4, 0.5) is 0 Å². The molecule has 2 saturated carbocycles. The van der Waals surface area contributed by atoms with E-state index in [1.54, 1.807) is 26.6 Å². The molecule has 0 radical (unpaired) electrons. The van der Waals surface area contributed by atoms with Gasteiger partial charge in [0.2, 0.25) is 17.7 Å². The van der Waals surface area contributed by atoms with Gasteiger partial charge in [-0.3, -0.25) is 14.8 Å². The minimum atomic E-state index is 0.0896. The van der Waals surface area contributed by atoms with Crippen molar-refractivity contribution >= 4 is 29.1 Å². The van der Waals surface area contributed by atoms with Crippen molar-refractivity contribution in [2.75, 3.05) is 20.8 Å². The number of halogens is 2. The third kappa shape index (κ3) is 6.78. The Hall–Kier alpha value is -3.83. The number of amides is 1. The monoisotopic (exact) mass is 673 g/mol. The van der Waals surface area contributed by atoms with Crippen LogP contribution in [0, 0.1) is 11.8 Å². The van der Waals surface area contributed by atoms with Gasteiger partial charge in [0.1, 0.15) is 11.4 Å². The molecule has 1 saturated heterocycles. The molecule has 1 amide bonds. The van der Waals surface area contributed by atoms with Gasteiger partial charge in [-0.15, -0.1) is 0 Å². The predicted molar refractivity (Wildman–Crippen MR) is 181 cm³/mol. The molecule has 2 aliphatic carbocycles. The second-order valence-corrected chi connectivity index (χ2v) is 13.3. The van der Waals surface area contributed by atoms with E-state index < -0.39 is 0 Å². The second kappa shape index (κ2) is 13.7. The molecule has 3 heterocycles. The first-order valence-electron chi connectivity index (χ1n) is 16.0. The van der Waals surface area contributed by atoms with Crippen LogP contribution >= 0.6 is 23.2 Å². The van der Waals surface area contributed by atoms with E-state index in [1.165, 1.54) is 19.3 Å². The van der Waals surface area contributed by atoms with Crippen LogP contribution in [0.2, 0.25) is 10.0 Å². The van der Waals surface area contributed by atoms with Crippen molar-refractivity contribution < 1.29 is 14.3 Å². The highest BCUT2D eigenvalue weighted by Gasteiger charge is 2.45. The van der Waals surface area contributed by atoms with Crippen molar-refractivity contribution in [3.05, 3.63) is 70.2 Å². The zero-order chi connectivity index (χ0) is 32.5. The van der Waals surface area contributed by atoms with E-state index in [2.05, 4.69) is 20.9 Å². The third-order valence-corrected chi connectivity index (χ3v) is 10.2. The molecule has 4 aromatic rings. The van der Waals surface area contributed by atoms with Gasteiger partial charge in [0.25, 0.3) is 0 Å². The van der Waals surface area contributed by atoms with Gasteiger partial charge >= 0.3 is 0 Å². The van der Waals surface area contributed by atoms with Crippen molar-refractivity contribution in [1.29, 1.82) is 0 Å². The lowest BCUT2D eigenvalue weighted by atomic mass is 9.98. The molecule has 3 atom stereocenters. The Bertz CT molecular complexity index is 1800. The van der Waals surface area contributed by atoms with Crippen LogP contribution < -0.4 is 25.4 Å². The standard InChI is InChI=1S/C35H37Cl2N7O3/c1-46-34-29(15-38-14-21-9-10-31(45)42-21)40-16-27(43-34)25-7-3-5-23(32(25)36)24-6-4-8-26(33(24)37)28-17-41-30(35(44-28)47-2)18-39-22-12-19-11-20(19)13-22/h3-8,16-17,19-22,38-39H,9-15,18H2,1-2H3,(H,42,45)/t19?,20?,21-,22?/m0/s1. The van der Waals surface area contributed by atoms with Crippen molar-refractivity contribution in [1.82, 2.24) is 35.9 Å². The number of hydrogen-bond acceptors (Lipinski definition) is 9. The minimum absolute atomic E-state index is 0.0896. The number of fused-ring (bicyclic) bond motifs is 1. The van der Waals surface area contributed by atoms with Crippen molar-refractivity contribution in [2.24, 2.45) is 11.8 Å². The number of aromatic nitrogens is 4. The van der Waals surface area contributed by atoms with Gasteiger partial charge in [-0.25, -0.2) is 9.97 Å². The highest BCUT2D eigenvalue weighted by atomic mass is 35.5. The molecule has 3 fully saturated rings. The van der Waals surface area contributed by atoms with Gasteiger partial charge in [0.15, 0.2) is 0 Å². The lowest BCUT2D eigenvalue weighted by Gasteiger charge is -2.16. The molecule has 7 rings (SSSR count). The van der Waals surface area contributed by atoms with Crippen LogP contribution in [0.15, 0.2) is 48.8 Å². The maximum absolute atomic E-state index is 11.5. The first-order valence-corrected chi connectivity index (χ1v) is 16.8. The quantitative estimate of drug-likeness (QED) is 0.170. The first kappa shape index (κ1) is 31.8. The molecule has 2 unspecified atom stereocenters. The van der Waals surface area contributed by atoms with Crippen LogP contribution in [-0.2, 0) is 17.9 Å². The van der Waals surface area contributed by atoms with Gasteiger partial charge in [-0.2, -0.15) is 0 Å². The summed E-state index contributed by atoms with van der Waals surface area (Å²) in [5.74, 6) is 2.80. The van der Waals surface area contributed by atoms with E-state index in [0.29, 0.717) is 76.5 Å². The van der Waals surface area contributed by atoms with Gasteiger partial charge in [0.05, 0.1) is 48.0 Å². The topological polar surface area (TPSA) is 123 Å². The Kier molecular flexibility index (Phi) is 9.27. The van der Waals surface area contributed by atoms with E-state index in [-0.39, 0.29) is 11.9 Å². The van der Waals surface area contributed by atoms with E-state index in [1.807, 2.05) is 36.4 Å². The minimum Gasteiger partial charge on any atom is -0.480 e. The van der Waals surface area contributed by atoms with Crippen LogP contribution in [0.1, 0.15) is 43.5 Å². The predicted octanol–water partition coefficient (Wildman–Crippen LogP) is 5.85. The SMILES string of the molecule is COc1nc(-c2cccc(-c3cccc(-c4cnc(CNC5CC6CC6C5)c(OC)n4)c3Cl)c2Cl)cnc1CNC[C@@H]1CCC(=O)N1. The van der Waals surface area contributed by atoms with Crippen molar-refractivity contribution in [2.45, 2.75) is 57.3 Å². The smallest absolute Gasteiger partial charge is 0.237 e. The largest absolute Gasteiger partial charge is 0.480 e. The Morgan fingerprint density at radius 3 is 1.89 bits per heavy atom. The third-order valence-electron chi connectivity index (χ3n) is 9.42. The number of methoxy groups -OCH3 is 2. The summed E-state index contributed by atoms with van der Waals surface area (Å²) in [6.07, 6.45) is 8.71. The fourth-order valence-corrected chi connectivity index (χ4v) is 7.47. The highest BCUT2D eigenvalue weighted by Crippen LogP contribution is 2.51.